The zero-order chi connectivity index (χ0) is 17.2. The van der Waals surface area contributed by atoms with Crippen LogP contribution in [0.4, 0.5) is 5.69 Å². The molecule has 0 spiro atoms. The van der Waals surface area contributed by atoms with E-state index < -0.39 is 0 Å². The number of para-hydroxylation sites is 1. The predicted molar refractivity (Wildman–Crippen MR) is 101 cm³/mol. The zero-order valence-corrected chi connectivity index (χ0v) is 15.4. The summed E-state index contributed by atoms with van der Waals surface area (Å²) < 4.78 is 5.28. The van der Waals surface area contributed by atoms with Crippen molar-refractivity contribution in [1.29, 1.82) is 0 Å². The molecular weight excluding hydrogens is 342 g/mol. The van der Waals surface area contributed by atoms with Crippen molar-refractivity contribution in [2.45, 2.75) is 32.1 Å². The van der Waals surface area contributed by atoms with Gasteiger partial charge in [-0.1, -0.05) is 25.0 Å². The van der Waals surface area contributed by atoms with Gasteiger partial charge in [-0.15, -0.1) is 12.4 Å². The Hall–Kier alpha value is -1.63. The van der Waals surface area contributed by atoms with Gasteiger partial charge in [0.2, 0.25) is 5.91 Å². The van der Waals surface area contributed by atoms with Crippen molar-refractivity contribution in [3.8, 4) is 0 Å². The van der Waals surface area contributed by atoms with E-state index in [9.17, 15) is 9.59 Å². The van der Waals surface area contributed by atoms with Crippen LogP contribution in [0.2, 0.25) is 0 Å². The number of ether oxygens (including phenoxy) is 1. The molecule has 0 atom stereocenters. The average Bonchev–Trinajstić information content (AvgIpc) is 2.62. The number of nitrogens with one attached hydrogen (secondary N) is 1. The molecule has 0 aromatic heterocycles. The van der Waals surface area contributed by atoms with Crippen LogP contribution < -0.4 is 11.1 Å². The molecule has 2 amide bonds. The highest BCUT2D eigenvalue weighted by Crippen LogP contribution is 2.18. The standard InChI is InChI=1S/C18H27N3O3.ClH/c19-10-6-2-1-3-9-17(22)20-16-8-5-4-7-15(16)18(23)21-11-13-24-14-12-21;/h4-5,7-8H,1-3,6,9-14,19H2,(H,20,22);1H. The summed E-state index contributed by atoms with van der Waals surface area (Å²) in [5, 5.41) is 2.88. The van der Waals surface area contributed by atoms with E-state index >= 15 is 0 Å². The van der Waals surface area contributed by atoms with Crippen molar-refractivity contribution < 1.29 is 14.3 Å². The number of morpholine rings is 1. The molecule has 1 fully saturated rings. The number of unbranched alkanes of at least 4 members (excludes halogenated alkanes) is 3. The van der Waals surface area contributed by atoms with Gasteiger partial charge in [0.1, 0.15) is 0 Å². The lowest BCUT2D eigenvalue weighted by molar-refractivity contribution is -0.116. The van der Waals surface area contributed by atoms with Crippen molar-refractivity contribution in [3.05, 3.63) is 29.8 Å². The molecule has 2 rings (SSSR count). The molecule has 0 aliphatic carbocycles. The summed E-state index contributed by atoms with van der Waals surface area (Å²) in [5.41, 5.74) is 6.58. The number of carbonyl (C=O) groups excluding carboxylic acids is 2. The van der Waals surface area contributed by atoms with Crippen LogP contribution in [0.25, 0.3) is 0 Å². The van der Waals surface area contributed by atoms with Gasteiger partial charge in [0.05, 0.1) is 24.5 Å². The first kappa shape index (κ1) is 21.4. The third kappa shape index (κ3) is 7.02. The third-order valence-electron chi connectivity index (χ3n) is 4.09. The average molecular weight is 370 g/mol. The molecule has 0 radical (unpaired) electrons. The fourth-order valence-electron chi connectivity index (χ4n) is 2.71. The molecule has 3 N–H and O–H groups in total. The molecule has 6 nitrogen and oxygen atoms in total. The molecule has 140 valence electrons. The molecule has 1 aromatic carbocycles. The minimum Gasteiger partial charge on any atom is -0.378 e. The smallest absolute Gasteiger partial charge is 0.256 e. The summed E-state index contributed by atoms with van der Waals surface area (Å²) in [6, 6.07) is 7.18. The summed E-state index contributed by atoms with van der Waals surface area (Å²) in [4.78, 5) is 26.5. The Morgan fingerprint density at radius 3 is 2.48 bits per heavy atom. The first-order chi connectivity index (χ1) is 11.7. The fourth-order valence-corrected chi connectivity index (χ4v) is 2.71. The number of amides is 2. The van der Waals surface area contributed by atoms with E-state index in [1.807, 2.05) is 12.1 Å². The lowest BCUT2D eigenvalue weighted by Gasteiger charge is -2.27. The summed E-state index contributed by atoms with van der Waals surface area (Å²) in [6.07, 6.45) is 4.35. The number of nitrogens with zero attached hydrogens (tertiary/aromatic N) is 1. The molecule has 0 saturated carbocycles. The Balaban J connectivity index is 0.00000312. The van der Waals surface area contributed by atoms with Gasteiger partial charge in [-0.3, -0.25) is 9.59 Å². The van der Waals surface area contributed by atoms with Gasteiger partial charge in [-0.2, -0.15) is 0 Å². The third-order valence-corrected chi connectivity index (χ3v) is 4.09. The van der Waals surface area contributed by atoms with Gasteiger partial charge in [0.15, 0.2) is 0 Å². The Kier molecular flexibility index (Phi) is 10.1. The lowest BCUT2D eigenvalue weighted by atomic mass is 10.1. The Labute approximate surface area is 155 Å². The molecule has 1 heterocycles. The van der Waals surface area contributed by atoms with E-state index in [0.29, 0.717) is 50.5 Å². The van der Waals surface area contributed by atoms with Gasteiger partial charge < -0.3 is 20.7 Å². The van der Waals surface area contributed by atoms with E-state index in [1.165, 1.54) is 0 Å². The van der Waals surface area contributed by atoms with Crippen LogP contribution in [0.5, 0.6) is 0 Å². The van der Waals surface area contributed by atoms with Gasteiger partial charge >= 0.3 is 0 Å². The normalized spacial score (nSPS) is 13.9. The van der Waals surface area contributed by atoms with Crippen LogP contribution in [0.3, 0.4) is 0 Å². The highest BCUT2D eigenvalue weighted by Gasteiger charge is 2.21. The Morgan fingerprint density at radius 1 is 1.08 bits per heavy atom. The topological polar surface area (TPSA) is 84.7 Å². The maximum atomic E-state index is 12.6. The molecule has 0 unspecified atom stereocenters. The lowest BCUT2D eigenvalue weighted by Crippen LogP contribution is -2.41. The second-order valence-electron chi connectivity index (χ2n) is 5.95. The fraction of sp³-hybridized carbons (Fsp3) is 0.556. The highest BCUT2D eigenvalue weighted by molar-refractivity contribution is 6.03. The van der Waals surface area contributed by atoms with Gasteiger partial charge in [0, 0.05) is 19.5 Å². The van der Waals surface area contributed by atoms with Crippen molar-refractivity contribution in [3.63, 3.8) is 0 Å². The molecule has 7 heteroatoms. The minimum absolute atomic E-state index is 0. The van der Waals surface area contributed by atoms with Crippen molar-refractivity contribution in [2.75, 3.05) is 38.2 Å². The molecule has 1 aliphatic heterocycles. The van der Waals surface area contributed by atoms with E-state index in [0.717, 1.165) is 25.7 Å². The number of anilines is 1. The van der Waals surface area contributed by atoms with Crippen LogP contribution in [0.15, 0.2) is 24.3 Å². The summed E-state index contributed by atoms with van der Waals surface area (Å²) in [6.45, 7) is 2.99. The van der Waals surface area contributed by atoms with Crippen molar-refractivity contribution in [2.24, 2.45) is 5.73 Å². The molecule has 25 heavy (non-hydrogen) atoms. The van der Waals surface area contributed by atoms with Crippen molar-refractivity contribution >= 4 is 29.9 Å². The minimum atomic E-state index is -0.0582. The second kappa shape index (κ2) is 11.8. The molecular formula is C18H28ClN3O3. The monoisotopic (exact) mass is 369 g/mol. The van der Waals surface area contributed by atoms with Gasteiger partial charge in [0.25, 0.3) is 5.91 Å². The van der Waals surface area contributed by atoms with Crippen LogP contribution in [-0.4, -0.2) is 49.6 Å². The predicted octanol–water partition coefficient (Wildman–Crippen LogP) is 2.43. The molecule has 1 aromatic rings. The molecule has 1 aliphatic rings. The summed E-state index contributed by atoms with van der Waals surface area (Å²) >= 11 is 0. The van der Waals surface area contributed by atoms with Crippen molar-refractivity contribution in [1.82, 2.24) is 4.90 Å². The number of halogens is 1. The van der Waals surface area contributed by atoms with Gasteiger partial charge in [-0.05, 0) is 31.5 Å². The van der Waals surface area contributed by atoms with Crippen LogP contribution >= 0.6 is 12.4 Å². The Morgan fingerprint density at radius 2 is 1.76 bits per heavy atom. The number of rotatable bonds is 8. The SMILES string of the molecule is Cl.NCCCCCCC(=O)Nc1ccccc1C(=O)N1CCOCC1. The summed E-state index contributed by atoms with van der Waals surface area (Å²) in [5.74, 6) is -0.109. The van der Waals surface area contributed by atoms with Gasteiger partial charge in [-0.25, -0.2) is 0 Å². The quantitative estimate of drug-likeness (QED) is 0.689. The second-order valence-corrected chi connectivity index (χ2v) is 5.95. The van der Waals surface area contributed by atoms with E-state index in [-0.39, 0.29) is 24.2 Å². The Bertz CT molecular complexity index is 548. The number of nitrogens with two attached hydrogens (primary N) is 1. The van der Waals surface area contributed by atoms with E-state index in [4.69, 9.17) is 10.5 Å². The highest BCUT2D eigenvalue weighted by atomic mass is 35.5. The van der Waals surface area contributed by atoms with E-state index in [2.05, 4.69) is 5.32 Å². The van der Waals surface area contributed by atoms with E-state index in [1.54, 1.807) is 17.0 Å². The first-order valence-electron chi connectivity index (χ1n) is 8.68. The maximum absolute atomic E-state index is 12.6. The van der Waals surface area contributed by atoms with Crippen LogP contribution in [0, 0.1) is 0 Å². The number of hydrogen-bond donors (Lipinski definition) is 2. The molecule has 0 bridgehead atoms. The summed E-state index contributed by atoms with van der Waals surface area (Å²) in [7, 11) is 0. The number of carbonyl (C=O) groups is 2. The number of benzene rings is 1. The van der Waals surface area contributed by atoms with Crippen LogP contribution in [0.1, 0.15) is 42.5 Å². The largest absolute Gasteiger partial charge is 0.378 e. The number of hydrogen-bond acceptors (Lipinski definition) is 4. The zero-order valence-electron chi connectivity index (χ0n) is 14.5. The molecule has 1 saturated heterocycles. The van der Waals surface area contributed by atoms with Crippen LogP contribution in [-0.2, 0) is 9.53 Å². The maximum Gasteiger partial charge on any atom is 0.256 e. The first-order valence-corrected chi connectivity index (χ1v) is 8.68.